The van der Waals surface area contributed by atoms with E-state index in [1.165, 1.54) is 28.5 Å². The minimum Gasteiger partial charge on any atom is -0.316 e. The Morgan fingerprint density at radius 1 is 1.24 bits per heavy atom. The lowest BCUT2D eigenvalue weighted by Crippen LogP contribution is -2.35. The van der Waals surface area contributed by atoms with E-state index in [4.69, 9.17) is 28.6 Å². The number of aliphatic imine (C=N–C) groups is 1. The fourth-order valence-electron chi connectivity index (χ4n) is 3.18. The molecular weight excluding hydrogens is 449 g/mol. The molecule has 2 aliphatic heterocycles. The summed E-state index contributed by atoms with van der Waals surface area (Å²) in [5, 5.41) is 15.7. The number of fused-ring (bicyclic) bond motifs is 1. The maximum absolute atomic E-state index is 12.6. The van der Waals surface area contributed by atoms with Crippen molar-refractivity contribution in [3.05, 3.63) is 56.8 Å². The highest BCUT2D eigenvalue weighted by atomic mass is 35.5. The van der Waals surface area contributed by atoms with Crippen LogP contribution in [-0.2, 0) is 4.79 Å². The predicted molar refractivity (Wildman–Crippen MR) is 124 cm³/mol. The number of hydrogen-bond donors (Lipinski definition) is 1. The molecule has 1 aromatic carbocycles. The molecule has 4 rings (SSSR count). The smallest absolute Gasteiger partial charge is 0.283 e. The third-order valence-electron chi connectivity index (χ3n) is 4.53. The van der Waals surface area contributed by atoms with Crippen molar-refractivity contribution >= 4 is 74.1 Å². The predicted octanol–water partition coefficient (Wildman–Crippen LogP) is 5.34. The second-order valence-corrected chi connectivity index (χ2v) is 9.20. The van der Waals surface area contributed by atoms with Crippen molar-refractivity contribution in [1.29, 1.82) is 5.41 Å². The molecule has 0 bridgehead atoms. The zero-order valence-electron chi connectivity index (χ0n) is 15.7. The molecule has 1 N–H and O–H groups in total. The molecule has 2 aromatic rings. The van der Waals surface area contributed by atoms with Gasteiger partial charge in [-0.15, -0.1) is 16.9 Å². The lowest BCUT2D eigenvalue weighted by atomic mass is 10.1. The van der Waals surface area contributed by atoms with Gasteiger partial charge in [-0.05, 0) is 67.8 Å². The van der Waals surface area contributed by atoms with Gasteiger partial charge in [0.1, 0.15) is 0 Å². The van der Waals surface area contributed by atoms with Crippen LogP contribution in [0.1, 0.15) is 17.0 Å². The number of hydrogen-bond acceptors (Lipinski definition) is 5. The summed E-state index contributed by atoms with van der Waals surface area (Å²) < 4.78 is 2.74. The van der Waals surface area contributed by atoms with Gasteiger partial charge in [0, 0.05) is 16.4 Å². The van der Waals surface area contributed by atoms with Gasteiger partial charge in [0.15, 0.2) is 10.2 Å². The van der Waals surface area contributed by atoms with Crippen LogP contribution in [0.15, 0.2) is 39.9 Å². The molecule has 0 saturated carbocycles. The molecule has 0 unspecified atom stereocenters. The SMILES string of the molecule is CSC1=NN2C(=N)/C(=C\c3cc(C)n(-c4ccc(Cl)cc4Cl)c3C)C(=O)N=C2S1. The first-order valence-corrected chi connectivity index (χ1v) is 11.3. The second-order valence-electron chi connectivity index (χ2n) is 6.35. The average molecular weight is 464 g/mol. The van der Waals surface area contributed by atoms with Crippen LogP contribution in [0.4, 0.5) is 0 Å². The number of aromatic nitrogens is 1. The van der Waals surface area contributed by atoms with Crippen molar-refractivity contribution < 1.29 is 4.79 Å². The lowest BCUT2D eigenvalue weighted by molar-refractivity contribution is -0.114. The molecule has 2 aliphatic rings. The Morgan fingerprint density at radius 3 is 2.69 bits per heavy atom. The van der Waals surface area contributed by atoms with Crippen LogP contribution in [-0.4, -0.2) is 37.1 Å². The number of nitrogens with one attached hydrogen (secondary N) is 1. The van der Waals surface area contributed by atoms with Crippen molar-refractivity contribution in [1.82, 2.24) is 9.58 Å². The van der Waals surface area contributed by atoms with Crippen molar-refractivity contribution in [2.75, 3.05) is 6.26 Å². The van der Waals surface area contributed by atoms with E-state index in [2.05, 4.69) is 10.1 Å². The molecule has 0 atom stereocenters. The third-order valence-corrected chi connectivity index (χ3v) is 6.95. The highest BCUT2D eigenvalue weighted by Gasteiger charge is 2.35. The standard InChI is InChI=1S/C19H15Cl2N5OS2/c1-9-6-11(10(2)25(9)15-5-4-12(20)8-14(15)21)7-13-16(22)26-18(23-17(13)27)29-19(24-26)28-3/h4-8,22H,1-3H3/b13-7+,22-16?. The van der Waals surface area contributed by atoms with Crippen molar-refractivity contribution in [2.24, 2.45) is 10.1 Å². The average Bonchev–Trinajstić information content (AvgIpc) is 3.20. The number of carbonyl (C=O) groups excluding carboxylic acids is 1. The Balaban J connectivity index is 1.77. The van der Waals surface area contributed by atoms with Gasteiger partial charge < -0.3 is 4.57 Å². The highest BCUT2D eigenvalue weighted by Crippen LogP contribution is 2.33. The summed E-state index contributed by atoms with van der Waals surface area (Å²) in [6.45, 7) is 3.89. The van der Waals surface area contributed by atoms with Crippen molar-refractivity contribution in [3.8, 4) is 5.69 Å². The molecule has 29 heavy (non-hydrogen) atoms. The molecule has 148 valence electrons. The Morgan fingerprint density at radius 2 is 2.00 bits per heavy atom. The molecule has 3 heterocycles. The van der Waals surface area contributed by atoms with E-state index in [1.807, 2.05) is 36.8 Å². The van der Waals surface area contributed by atoms with Crippen LogP contribution in [0, 0.1) is 19.3 Å². The summed E-state index contributed by atoms with van der Waals surface area (Å²) in [5.74, 6) is -0.425. The second kappa shape index (κ2) is 7.68. The lowest BCUT2D eigenvalue weighted by Gasteiger charge is -2.20. The third kappa shape index (κ3) is 3.54. The van der Waals surface area contributed by atoms with E-state index in [0.29, 0.717) is 15.2 Å². The molecule has 1 aromatic heterocycles. The number of hydrazone groups is 1. The maximum Gasteiger partial charge on any atom is 0.283 e. The normalized spacial score (nSPS) is 17.7. The molecule has 0 aliphatic carbocycles. The summed E-state index contributed by atoms with van der Waals surface area (Å²) >= 11 is 15.2. The van der Waals surface area contributed by atoms with Gasteiger partial charge >= 0.3 is 0 Å². The van der Waals surface area contributed by atoms with Gasteiger partial charge in [-0.3, -0.25) is 10.2 Å². The van der Waals surface area contributed by atoms with Crippen LogP contribution in [0.2, 0.25) is 10.0 Å². The molecule has 0 saturated heterocycles. The Hall–Kier alpha value is -2.00. The number of amidine groups is 2. The number of amides is 1. The number of aryl methyl sites for hydroxylation is 1. The minimum absolute atomic E-state index is 0.0193. The number of benzene rings is 1. The Bertz CT molecular complexity index is 1170. The van der Waals surface area contributed by atoms with Crippen LogP contribution >= 0.6 is 46.7 Å². The molecule has 0 spiro atoms. The summed E-state index contributed by atoms with van der Waals surface area (Å²) in [7, 11) is 0. The molecule has 10 heteroatoms. The van der Waals surface area contributed by atoms with Gasteiger partial charge in [-0.25, -0.2) is 0 Å². The Labute approximate surface area is 186 Å². The van der Waals surface area contributed by atoms with E-state index >= 15 is 0 Å². The number of halogens is 2. The first kappa shape index (κ1) is 20.3. The fourth-order valence-corrected chi connectivity index (χ4v) is 5.02. The van der Waals surface area contributed by atoms with E-state index in [0.717, 1.165) is 27.0 Å². The summed E-state index contributed by atoms with van der Waals surface area (Å²) in [4.78, 5) is 16.7. The van der Waals surface area contributed by atoms with Gasteiger partial charge in [-0.1, -0.05) is 23.2 Å². The summed E-state index contributed by atoms with van der Waals surface area (Å²) in [6.07, 6.45) is 3.58. The van der Waals surface area contributed by atoms with E-state index in [9.17, 15) is 4.79 Å². The molecular formula is C19H15Cl2N5OS2. The largest absolute Gasteiger partial charge is 0.316 e. The van der Waals surface area contributed by atoms with Crippen molar-refractivity contribution in [2.45, 2.75) is 13.8 Å². The number of nitrogens with zero attached hydrogens (tertiary/aromatic N) is 4. The number of thioether (sulfide) groups is 2. The van der Waals surface area contributed by atoms with Crippen LogP contribution in [0.5, 0.6) is 0 Å². The first-order valence-electron chi connectivity index (χ1n) is 8.48. The van der Waals surface area contributed by atoms with Crippen LogP contribution in [0.25, 0.3) is 11.8 Å². The van der Waals surface area contributed by atoms with E-state index in [1.54, 1.807) is 18.2 Å². The van der Waals surface area contributed by atoms with Crippen LogP contribution in [0.3, 0.4) is 0 Å². The molecule has 0 radical (unpaired) electrons. The zero-order chi connectivity index (χ0) is 20.9. The summed E-state index contributed by atoms with van der Waals surface area (Å²) in [6, 6.07) is 7.27. The number of rotatable bonds is 2. The fraction of sp³-hybridized carbons (Fsp3) is 0.158. The first-order chi connectivity index (χ1) is 13.8. The van der Waals surface area contributed by atoms with Gasteiger partial charge in [0.2, 0.25) is 5.17 Å². The molecule has 0 fully saturated rings. The summed E-state index contributed by atoms with van der Waals surface area (Å²) in [5.41, 5.74) is 3.63. The zero-order valence-corrected chi connectivity index (χ0v) is 18.8. The molecule has 6 nitrogen and oxygen atoms in total. The van der Waals surface area contributed by atoms with Gasteiger partial charge in [0.05, 0.1) is 16.3 Å². The maximum atomic E-state index is 12.6. The number of carbonyl (C=O) groups is 1. The monoisotopic (exact) mass is 463 g/mol. The quantitative estimate of drug-likeness (QED) is 0.609. The highest BCUT2D eigenvalue weighted by molar-refractivity contribution is 8.45. The van der Waals surface area contributed by atoms with Gasteiger partial charge in [0.25, 0.3) is 5.91 Å². The topological polar surface area (TPSA) is 73.8 Å². The van der Waals surface area contributed by atoms with Gasteiger partial charge in [-0.2, -0.15) is 10.0 Å². The van der Waals surface area contributed by atoms with Crippen LogP contribution < -0.4 is 0 Å². The van der Waals surface area contributed by atoms with E-state index < -0.39 is 5.91 Å². The van der Waals surface area contributed by atoms with E-state index in [-0.39, 0.29) is 11.4 Å². The minimum atomic E-state index is -0.444. The Kier molecular flexibility index (Phi) is 5.37. The molecule has 1 amide bonds. The van der Waals surface area contributed by atoms with Crippen molar-refractivity contribution in [3.63, 3.8) is 0 Å².